The van der Waals surface area contributed by atoms with E-state index in [0.29, 0.717) is 22.7 Å². The van der Waals surface area contributed by atoms with Gasteiger partial charge in [0.05, 0.1) is 24.1 Å². The highest BCUT2D eigenvalue weighted by atomic mass is 16.5. The minimum Gasteiger partial charge on any atom is -0.497 e. The van der Waals surface area contributed by atoms with Crippen molar-refractivity contribution in [2.75, 3.05) is 12.0 Å². The van der Waals surface area contributed by atoms with Crippen LogP contribution in [0.4, 0.5) is 5.69 Å². The van der Waals surface area contributed by atoms with E-state index >= 15 is 0 Å². The Kier molecular flexibility index (Phi) is 5.94. The lowest BCUT2D eigenvalue weighted by atomic mass is 9.82. The van der Waals surface area contributed by atoms with Crippen molar-refractivity contribution in [2.24, 2.45) is 0 Å². The van der Waals surface area contributed by atoms with E-state index in [1.165, 1.54) is 0 Å². The molecule has 7 rings (SSSR count). The summed E-state index contributed by atoms with van der Waals surface area (Å²) in [6.45, 7) is 0. The molecule has 0 atom stereocenters. The van der Waals surface area contributed by atoms with Gasteiger partial charge >= 0.3 is 5.91 Å². The SMILES string of the molecule is COc1cc2c3c(c1)C(c1ccccc1)=C(c1ccccc1)C(c1ccccc1)=C(c1ccccc1)N3C(=O)C2=O. The molecule has 0 bridgehead atoms. The molecule has 41 heavy (non-hydrogen) atoms. The highest BCUT2D eigenvalue weighted by molar-refractivity contribution is 6.56. The number of anilines is 1. The number of ether oxygens (including phenoxy) is 1. The van der Waals surface area contributed by atoms with E-state index in [0.717, 1.165) is 44.5 Å². The van der Waals surface area contributed by atoms with Crippen LogP contribution in [0.25, 0.3) is 22.4 Å². The van der Waals surface area contributed by atoms with Gasteiger partial charge in [-0.25, -0.2) is 0 Å². The van der Waals surface area contributed by atoms with Crippen molar-refractivity contribution in [1.29, 1.82) is 0 Å². The van der Waals surface area contributed by atoms with Crippen molar-refractivity contribution in [3.63, 3.8) is 0 Å². The lowest BCUT2D eigenvalue weighted by Gasteiger charge is -2.25. The number of benzene rings is 5. The predicted molar refractivity (Wildman–Crippen MR) is 163 cm³/mol. The summed E-state index contributed by atoms with van der Waals surface area (Å²) in [5.74, 6) is -0.605. The topological polar surface area (TPSA) is 46.6 Å². The monoisotopic (exact) mass is 531 g/mol. The average molecular weight is 532 g/mol. The molecular formula is C37H25NO3. The highest BCUT2D eigenvalue weighted by Gasteiger charge is 2.45. The van der Waals surface area contributed by atoms with Crippen molar-refractivity contribution < 1.29 is 14.3 Å². The first kappa shape index (κ1) is 24.6. The molecule has 5 aromatic rings. The Morgan fingerprint density at radius 2 is 0.951 bits per heavy atom. The van der Waals surface area contributed by atoms with Crippen LogP contribution in [0.5, 0.6) is 5.75 Å². The van der Waals surface area contributed by atoms with E-state index in [-0.39, 0.29) is 0 Å². The number of Topliss-reactive ketones (excluding diaryl/α,β-unsaturated/α-hetero) is 1. The van der Waals surface area contributed by atoms with Gasteiger partial charge in [-0.05, 0) is 40.0 Å². The van der Waals surface area contributed by atoms with Crippen molar-refractivity contribution in [1.82, 2.24) is 0 Å². The quantitative estimate of drug-likeness (QED) is 0.218. The van der Waals surface area contributed by atoms with Crippen LogP contribution in [0.2, 0.25) is 0 Å². The molecule has 2 heterocycles. The second-order valence-corrected chi connectivity index (χ2v) is 9.98. The van der Waals surface area contributed by atoms with Gasteiger partial charge in [0.25, 0.3) is 5.78 Å². The van der Waals surface area contributed by atoms with Gasteiger partial charge in [0.15, 0.2) is 0 Å². The Morgan fingerprint density at radius 3 is 1.46 bits per heavy atom. The zero-order valence-corrected chi connectivity index (χ0v) is 22.4. The fourth-order valence-corrected chi connectivity index (χ4v) is 5.91. The second-order valence-electron chi connectivity index (χ2n) is 9.98. The molecule has 2 aliphatic rings. The molecule has 2 aliphatic heterocycles. The van der Waals surface area contributed by atoms with Gasteiger partial charge in [-0.15, -0.1) is 0 Å². The molecule has 0 saturated heterocycles. The van der Waals surface area contributed by atoms with Crippen molar-refractivity contribution in [3.05, 3.63) is 167 Å². The fourth-order valence-electron chi connectivity index (χ4n) is 5.91. The molecule has 0 N–H and O–H groups in total. The van der Waals surface area contributed by atoms with Crippen molar-refractivity contribution in [3.8, 4) is 5.75 Å². The van der Waals surface area contributed by atoms with E-state index < -0.39 is 11.7 Å². The van der Waals surface area contributed by atoms with Gasteiger partial charge in [-0.3, -0.25) is 14.5 Å². The summed E-state index contributed by atoms with van der Waals surface area (Å²) >= 11 is 0. The number of carbonyl (C=O) groups excluding carboxylic acids is 2. The third-order valence-corrected chi connectivity index (χ3v) is 7.65. The van der Waals surface area contributed by atoms with Crippen LogP contribution in [-0.4, -0.2) is 18.8 Å². The highest BCUT2D eigenvalue weighted by Crippen LogP contribution is 2.54. The lowest BCUT2D eigenvalue weighted by molar-refractivity contribution is -0.113. The van der Waals surface area contributed by atoms with E-state index in [2.05, 4.69) is 36.4 Å². The smallest absolute Gasteiger partial charge is 0.304 e. The normalized spacial score (nSPS) is 14.3. The molecule has 0 spiro atoms. The molecular weight excluding hydrogens is 506 g/mol. The first-order valence-corrected chi connectivity index (χ1v) is 13.5. The zero-order valence-electron chi connectivity index (χ0n) is 22.4. The molecule has 0 saturated carbocycles. The standard InChI is InChI=1S/C37H25NO3/c1-41-28-22-29-31(24-14-6-2-7-15-24)32(25-16-8-3-9-17-25)33(26-18-10-4-11-19-26)34(27-20-12-5-13-21-27)38-35(29)30(23-28)36(39)37(38)40/h2-23H,1H3. The molecule has 0 aliphatic carbocycles. The molecule has 4 heteroatoms. The van der Waals surface area contributed by atoms with Gasteiger partial charge < -0.3 is 4.74 Å². The minimum absolute atomic E-state index is 0.341. The number of carbonyl (C=O) groups is 2. The second kappa shape index (κ2) is 9.92. The van der Waals surface area contributed by atoms with Crippen molar-refractivity contribution >= 4 is 39.8 Å². The number of nitrogens with zero attached hydrogens (tertiary/aromatic N) is 1. The third kappa shape index (κ3) is 3.92. The predicted octanol–water partition coefficient (Wildman–Crippen LogP) is 7.77. The third-order valence-electron chi connectivity index (χ3n) is 7.65. The Balaban J connectivity index is 1.77. The molecule has 0 aromatic heterocycles. The van der Waals surface area contributed by atoms with Gasteiger partial charge in [0.1, 0.15) is 5.75 Å². The minimum atomic E-state index is -0.580. The molecule has 0 fully saturated rings. The van der Waals surface area contributed by atoms with Gasteiger partial charge in [0, 0.05) is 16.7 Å². The molecule has 196 valence electrons. The summed E-state index contributed by atoms with van der Waals surface area (Å²) < 4.78 is 5.70. The average Bonchev–Trinajstić information content (AvgIpc) is 3.20. The summed E-state index contributed by atoms with van der Waals surface area (Å²) in [6.07, 6.45) is 0. The van der Waals surface area contributed by atoms with Crippen LogP contribution in [-0.2, 0) is 4.79 Å². The Bertz CT molecular complexity index is 1870. The van der Waals surface area contributed by atoms with Gasteiger partial charge in [-0.2, -0.15) is 0 Å². The number of rotatable bonds is 5. The molecule has 0 radical (unpaired) electrons. The Labute approximate surface area is 238 Å². The number of methoxy groups -OCH3 is 1. The van der Waals surface area contributed by atoms with Crippen LogP contribution in [0.15, 0.2) is 133 Å². The number of hydrogen-bond acceptors (Lipinski definition) is 3. The van der Waals surface area contributed by atoms with Gasteiger partial charge in [0.2, 0.25) is 0 Å². The number of ketones is 1. The zero-order chi connectivity index (χ0) is 27.9. The van der Waals surface area contributed by atoms with E-state index in [9.17, 15) is 9.59 Å². The van der Waals surface area contributed by atoms with Crippen LogP contribution >= 0.6 is 0 Å². The Hall–Kier alpha value is -5.48. The summed E-state index contributed by atoms with van der Waals surface area (Å²) in [6, 6.07) is 44.0. The van der Waals surface area contributed by atoms with E-state index in [1.807, 2.05) is 91.0 Å². The van der Waals surface area contributed by atoms with E-state index in [4.69, 9.17) is 4.74 Å². The summed E-state index contributed by atoms with van der Waals surface area (Å²) in [7, 11) is 1.58. The van der Waals surface area contributed by atoms with Crippen LogP contribution in [0, 0.1) is 0 Å². The maximum atomic E-state index is 14.1. The lowest BCUT2D eigenvalue weighted by Crippen LogP contribution is -2.29. The van der Waals surface area contributed by atoms with Crippen LogP contribution in [0.1, 0.15) is 38.2 Å². The largest absolute Gasteiger partial charge is 0.497 e. The number of allylic oxidation sites excluding steroid dienone is 2. The first-order chi connectivity index (χ1) is 20.2. The molecule has 5 aromatic carbocycles. The maximum absolute atomic E-state index is 14.1. The molecule has 0 unspecified atom stereocenters. The van der Waals surface area contributed by atoms with Gasteiger partial charge in [-0.1, -0.05) is 121 Å². The number of hydrogen-bond donors (Lipinski definition) is 0. The summed E-state index contributed by atoms with van der Waals surface area (Å²) in [4.78, 5) is 29.3. The molecule has 1 amide bonds. The summed E-state index contributed by atoms with van der Waals surface area (Å²) in [5, 5.41) is 0. The maximum Gasteiger partial charge on any atom is 0.304 e. The van der Waals surface area contributed by atoms with Crippen molar-refractivity contribution in [2.45, 2.75) is 0 Å². The number of amides is 1. The van der Waals surface area contributed by atoms with Crippen LogP contribution in [0.3, 0.4) is 0 Å². The van der Waals surface area contributed by atoms with Crippen LogP contribution < -0.4 is 9.64 Å². The summed E-state index contributed by atoms with van der Waals surface area (Å²) in [5.41, 5.74) is 8.85. The fraction of sp³-hybridized carbons (Fsp3) is 0.0270. The first-order valence-electron chi connectivity index (χ1n) is 13.5. The molecule has 4 nitrogen and oxygen atoms in total. The van der Waals surface area contributed by atoms with E-state index in [1.54, 1.807) is 18.1 Å². The Morgan fingerprint density at radius 1 is 0.512 bits per heavy atom.